The van der Waals surface area contributed by atoms with Crippen molar-refractivity contribution < 1.29 is 24.6 Å². The van der Waals surface area contributed by atoms with Crippen molar-refractivity contribution in [3.8, 4) is 6.26 Å². The van der Waals surface area contributed by atoms with E-state index < -0.39 is 0 Å². The van der Waals surface area contributed by atoms with Gasteiger partial charge in [0.05, 0.1) is 0 Å². The normalized spacial score (nSPS) is 1.64. The van der Waals surface area contributed by atoms with Crippen LogP contribution in [-0.2, 0) is 19.5 Å². The number of rotatable bonds is 0. The number of nitrogens with zero attached hydrogens (tertiary/aromatic N) is 4. The summed E-state index contributed by atoms with van der Waals surface area (Å²) in [5.74, 6) is 0. The van der Waals surface area contributed by atoms with Gasteiger partial charge in [-0.3, -0.25) is 0 Å². The van der Waals surface area contributed by atoms with Crippen molar-refractivity contribution in [1.29, 1.82) is 21.0 Å². The third-order valence-electron chi connectivity index (χ3n) is 0. The second kappa shape index (κ2) is 462. The average molecular weight is 196 g/mol. The second-order valence-electron chi connectivity index (χ2n) is 0.100. The Morgan fingerprint density at radius 2 is 1.00 bits per heavy atom. The summed E-state index contributed by atoms with van der Waals surface area (Å²) in [6.07, 6.45) is 0.750. The zero-order valence-electron chi connectivity index (χ0n) is 4.98. The van der Waals surface area contributed by atoms with Gasteiger partial charge in [0, 0.05) is 0 Å². The molecule has 0 rings (SSSR count). The first-order chi connectivity index (χ1) is 5.41. The van der Waals surface area contributed by atoms with Crippen LogP contribution in [0, 0.1) is 47.0 Å². The molecule has 0 aromatic heterocycles. The Kier molecular flexibility index (Phi) is 1500. The summed E-state index contributed by atoms with van der Waals surface area (Å²) in [5, 5.41) is 32.5. The van der Waals surface area contributed by atoms with Crippen LogP contribution in [0.5, 0.6) is 0 Å². The van der Waals surface area contributed by atoms with E-state index in [9.17, 15) is 0 Å². The van der Waals surface area contributed by atoms with Gasteiger partial charge >= 0.3 is 19.5 Å². The Morgan fingerprint density at radius 3 is 1.00 bits per heavy atom. The molecule has 0 saturated carbocycles. The van der Waals surface area contributed by atoms with Gasteiger partial charge in [-0.2, -0.15) is 5.26 Å². The van der Waals surface area contributed by atoms with Crippen LogP contribution in [0.3, 0.4) is 0 Å². The van der Waals surface area contributed by atoms with Gasteiger partial charge in [0.25, 0.3) is 6.26 Å². The number of hydrogen-bond donors (Lipinski definition) is 1. The van der Waals surface area contributed by atoms with Crippen molar-refractivity contribution in [1.82, 2.24) is 0 Å². The first kappa shape index (κ1) is 35.7. The minimum atomic E-state index is 0.750. The fourth-order valence-electron chi connectivity index (χ4n) is 0. The van der Waals surface area contributed by atoms with Crippen molar-refractivity contribution in [2.75, 3.05) is 0 Å². The third kappa shape index (κ3) is 79.4. The van der Waals surface area contributed by atoms with Gasteiger partial charge in [0.15, 0.2) is 0 Å². The number of nitriles is 1. The minimum absolute atomic E-state index is 0.750. The van der Waals surface area contributed by atoms with Gasteiger partial charge in [-0.15, -0.1) is 0 Å². The molecule has 0 unspecified atom stereocenters. The Bertz CT molecular complexity index is 110. The van der Waals surface area contributed by atoms with Crippen molar-refractivity contribution >= 4 is 0 Å². The molecule has 0 spiro atoms. The molecule has 61 valence electrons. The summed E-state index contributed by atoms with van der Waals surface area (Å²) >= 11 is 2.31. The predicted octanol–water partition coefficient (Wildman–Crippen LogP) is 0.00779. The first-order valence-corrected chi connectivity index (χ1v) is 1.68. The van der Waals surface area contributed by atoms with Crippen LogP contribution in [-0.4, -0.2) is 5.11 Å². The predicted molar refractivity (Wildman–Crippen MR) is 23.1 cm³/mol. The molecule has 0 aliphatic carbocycles. The van der Waals surface area contributed by atoms with E-state index in [1.807, 2.05) is 0 Å². The van der Waals surface area contributed by atoms with Crippen molar-refractivity contribution in [2.45, 2.75) is 0 Å². The molecular weight excluding hydrogens is 195 g/mol. The molecule has 0 heterocycles. The summed E-state index contributed by atoms with van der Waals surface area (Å²) in [5.41, 5.74) is 0. The van der Waals surface area contributed by atoms with E-state index in [0.29, 0.717) is 0 Å². The van der Waals surface area contributed by atoms with Crippen LogP contribution in [0.25, 0.3) is 0 Å². The molecule has 0 bridgehead atoms. The molecule has 0 radical (unpaired) electrons. The van der Waals surface area contributed by atoms with E-state index in [2.05, 4.69) is 15.7 Å². The number of hydrogen-bond acceptors (Lipinski definition) is 6. The molecule has 7 heteroatoms. The molecule has 11 heavy (non-hydrogen) atoms. The maximum atomic E-state index is 7.94. The SMILES string of the molecule is N#CO.[C-]#N.[C-]#N.[C-]#N.[O]=[Co]. The zero-order chi connectivity index (χ0) is 10.7. The van der Waals surface area contributed by atoms with Gasteiger partial charge in [0.2, 0.25) is 0 Å². The van der Waals surface area contributed by atoms with Crippen LogP contribution in [0.2, 0.25) is 0 Å². The van der Waals surface area contributed by atoms with Crippen LogP contribution in [0.15, 0.2) is 0 Å². The Labute approximate surface area is 72.3 Å². The fourth-order valence-corrected chi connectivity index (χ4v) is 0. The maximum absolute atomic E-state index is 7.94. The van der Waals surface area contributed by atoms with Crippen molar-refractivity contribution in [2.24, 2.45) is 0 Å². The van der Waals surface area contributed by atoms with Gasteiger partial charge < -0.3 is 40.6 Å². The third-order valence-corrected chi connectivity index (χ3v) is 0. The zero-order valence-corrected chi connectivity index (χ0v) is 6.02. The van der Waals surface area contributed by atoms with Crippen LogP contribution < -0.4 is 0 Å². The summed E-state index contributed by atoms with van der Waals surface area (Å²) < 4.78 is 7.94. The summed E-state index contributed by atoms with van der Waals surface area (Å²) in [6, 6.07) is 0. The molecule has 0 aliphatic rings. The molecule has 0 aromatic carbocycles. The number of aliphatic hydroxyl groups excluding tert-OH is 1. The van der Waals surface area contributed by atoms with Crippen LogP contribution in [0.4, 0.5) is 0 Å². The van der Waals surface area contributed by atoms with Gasteiger partial charge in [0.1, 0.15) is 0 Å². The van der Waals surface area contributed by atoms with E-state index in [0.717, 1.165) is 6.26 Å². The molecule has 0 aliphatic heterocycles. The standard InChI is InChI=1S/CHNO.3CN.Co.O/c2-1-3;3*1-2;;/h3H;;;;;/q;3*-1;;. The van der Waals surface area contributed by atoms with E-state index in [1.54, 1.807) is 0 Å². The summed E-state index contributed by atoms with van der Waals surface area (Å²) in [4.78, 5) is 0. The Hall–Kier alpha value is -1.93. The van der Waals surface area contributed by atoms with E-state index in [4.69, 9.17) is 49.7 Å². The molecule has 0 fully saturated rings. The quantitative estimate of drug-likeness (QED) is 0.428. The monoisotopic (exact) mass is 196 g/mol. The average Bonchev–Trinajstić information content (AvgIpc) is 2.18. The second-order valence-corrected chi connectivity index (χ2v) is 0.100. The van der Waals surface area contributed by atoms with Crippen molar-refractivity contribution in [3.05, 3.63) is 19.7 Å². The summed E-state index contributed by atoms with van der Waals surface area (Å²) in [6.45, 7) is 14.2. The van der Waals surface area contributed by atoms with E-state index in [1.165, 1.54) is 0 Å². The van der Waals surface area contributed by atoms with Crippen molar-refractivity contribution in [3.63, 3.8) is 0 Å². The fraction of sp³-hybridized carbons (Fsp3) is 0. The van der Waals surface area contributed by atoms with Crippen LogP contribution >= 0.6 is 0 Å². The van der Waals surface area contributed by atoms with Gasteiger partial charge in [-0.1, -0.05) is 0 Å². The first-order valence-electron chi connectivity index (χ1n) is 1.25. The molecule has 0 aromatic rings. The summed E-state index contributed by atoms with van der Waals surface area (Å²) in [7, 11) is 0. The molecule has 0 saturated heterocycles. The topological polar surface area (TPSA) is 132 Å². The molecule has 0 amide bonds. The molecule has 1 N–H and O–H groups in total. The molecule has 6 nitrogen and oxygen atoms in total. The molecular formula is C4HCoN4O2-3. The molecule has 0 atom stereocenters. The Morgan fingerprint density at radius 1 is 1.00 bits per heavy atom. The number of aliphatic hydroxyl groups is 1. The Balaban J connectivity index is -0.0000000139. The van der Waals surface area contributed by atoms with Gasteiger partial charge in [-0.05, 0) is 0 Å². The van der Waals surface area contributed by atoms with E-state index >= 15 is 0 Å². The van der Waals surface area contributed by atoms with E-state index in [-0.39, 0.29) is 0 Å². The van der Waals surface area contributed by atoms with Gasteiger partial charge in [-0.25, -0.2) is 0 Å². The van der Waals surface area contributed by atoms with Crippen LogP contribution in [0.1, 0.15) is 0 Å².